The van der Waals surface area contributed by atoms with Crippen molar-refractivity contribution in [2.75, 3.05) is 13.1 Å². The van der Waals surface area contributed by atoms with Crippen LogP contribution in [0.5, 0.6) is 0 Å². The van der Waals surface area contributed by atoms with E-state index in [2.05, 4.69) is 37.0 Å². The molecule has 1 aromatic heterocycles. The predicted molar refractivity (Wildman–Crippen MR) is 69.7 cm³/mol. The molecular formula is C13H24N4. The molecule has 0 bridgehead atoms. The van der Waals surface area contributed by atoms with Crippen LogP contribution in [0.3, 0.4) is 0 Å². The van der Waals surface area contributed by atoms with Crippen molar-refractivity contribution in [2.24, 2.45) is 18.7 Å². The lowest BCUT2D eigenvalue weighted by molar-refractivity contribution is 0.220. The highest BCUT2D eigenvalue weighted by atomic mass is 15.3. The van der Waals surface area contributed by atoms with Gasteiger partial charge in [0.05, 0.1) is 11.7 Å². The Morgan fingerprint density at radius 3 is 2.76 bits per heavy atom. The Balaban J connectivity index is 2.24. The monoisotopic (exact) mass is 236 g/mol. The smallest absolute Gasteiger partial charge is 0.0642 e. The topological polar surface area (TPSA) is 47.1 Å². The average Bonchev–Trinajstić information content (AvgIpc) is 2.70. The molecule has 1 saturated heterocycles. The first-order chi connectivity index (χ1) is 7.99. The molecule has 1 aliphatic heterocycles. The van der Waals surface area contributed by atoms with Gasteiger partial charge in [0.2, 0.25) is 0 Å². The molecular weight excluding hydrogens is 212 g/mol. The van der Waals surface area contributed by atoms with Crippen LogP contribution in [0.15, 0.2) is 6.20 Å². The normalized spacial score (nSPS) is 26.0. The van der Waals surface area contributed by atoms with E-state index >= 15 is 0 Å². The molecule has 4 heteroatoms. The third-order valence-corrected chi connectivity index (χ3v) is 3.52. The summed E-state index contributed by atoms with van der Waals surface area (Å²) >= 11 is 0. The minimum absolute atomic E-state index is 0.247. The largest absolute Gasteiger partial charge is 0.326 e. The van der Waals surface area contributed by atoms with Crippen molar-refractivity contribution in [3.63, 3.8) is 0 Å². The van der Waals surface area contributed by atoms with Gasteiger partial charge in [-0.05, 0) is 19.3 Å². The maximum absolute atomic E-state index is 6.28. The molecule has 17 heavy (non-hydrogen) atoms. The van der Waals surface area contributed by atoms with Gasteiger partial charge in [-0.15, -0.1) is 0 Å². The van der Waals surface area contributed by atoms with Gasteiger partial charge in [-0.25, -0.2) is 0 Å². The number of nitrogens with zero attached hydrogens (tertiary/aromatic N) is 3. The molecule has 0 aliphatic carbocycles. The first kappa shape index (κ1) is 12.6. The highest BCUT2D eigenvalue weighted by Crippen LogP contribution is 2.33. The van der Waals surface area contributed by atoms with E-state index in [1.165, 1.54) is 5.56 Å². The number of rotatable bonds is 3. The van der Waals surface area contributed by atoms with Crippen LogP contribution in [0.2, 0.25) is 0 Å². The Kier molecular flexibility index (Phi) is 3.54. The van der Waals surface area contributed by atoms with Gasteiger partial charge in [-0.3, -0.25) is 9.58 Å². The third-order valence-electron chi connectivity index (χ3n) is 3.52. The van der Waals surface area contributed by atoms with Gasteiger partial charge in [0, 0.05) is 37.9 Å². The van der Waals surface area contributed by atoms with E-state index in [9.17, 15) is 0 Å². The summed E-state index contributed by atoms with van der Waals surface area (Å²) in [6.07, 6.45) is 3.21. The van der Waals surface area contributed by atoms with Crippen LogP contribution >= 0.6 is 0 Å². The zero-order valence-electron chi connectivity index (χ0n) is 11.3. The number of nitrogens with two attached hydrogens (primary N) is 1. The fourth-order valence-corrected chi connectivity index (χ4v) is 2.89. The van der Waals surface area contributed by atoms with Crippen molar-refractivity contribution < 1.29 is 0 Å². The molecule has 2 heterocycles. The Morgan fingerprint density at radius 1 is 1.53 bits per heavy atom. The van der Waals surface area contributed by atoms with Crippen LogP contribution in [0.25, 0.3) is 0 Å². The predicted octanol–water partition coefficient (Wildman–Crippen LogP) is 1.46. The summed E-state index contributed by atoms with van der Waals surface area (Å²) in [4.78, 5) is 2.51. The van der Waals surface area contributed by atoms with Crippen LogP contribution in [0.1, 0.15) is 37.6 Å². The Bertz CT molecular complexity index is 383. The van der Waals surface area contributed by atoms with Crippen molar-refractivity contribution in [2.45, 2.75) is 39.3 Å². The van der Waals surface area contributed by atoms with Crippen LogP contribution in [0.4, 0.5) is 0 Å². The van der Waals surface area contributed by atoms with Crippen molar-refractivity contribution in [1.29, 1.82) is 0 Å². The molecule has 0 radical (unpaired) electrons. The minimum atomic E-state index is 0.247. The maximum Gasteiger partial charge on any atom is 0.0642 e. The fraction of sp³-hybridized carbons (Fsp3) is 0.769. The molecule has 2 N–H and O–H groups in total. The van der Waals surface area contributed by atoms with E-state index < -0.39 is 0 Å². The van der Waals surface area contributed by atoms with E-state index in [1.54, 1.807) is 0 Å². The fourth-order valence-electron chi connectivity index (χ4n) is 2.89. The van der Waals surface area contributed by atoms with Gasteiger partial charge in [0.15, 0.2) is 0 Å². The summed E-state index contributed by atoms with van der Waals surface area (Å²) in [6.45, 7) is 8.83. The van der Waals surface area contributed by atoms with Crippen molar-refractivity contribution >= 4 is 0 Å². The van der Waals surface area contributed by atoms with Crippen molar-refractivity contribution in [3.05, 3.63) is 17.5 Å². The second kappa shape index (κ2) is 4.78. The van der Waals surface area contributed by atoms with Gasteiger partial charge in [0.25, 0.3) is 0 Å². The SMILES string of the molecule is Cc1nn(C)cc1C1C(N)CCN1CC(C)C. The van der Waals surface area contributed by atoms with E-state index in [0.717, 1.165) is 25.2 Å². The van der Waals surface area contributed by atoms with Gasteiger partial charge in [-0.1, -0.05) is 13.8 Å². The summed E-state index contributed by atoms with van der Waals surface area (Å²) in [7, 11) is 1.98. The summed E-state index contributed by atoms with van der Waals surface area (Å²) in [6, 6.07) is 0.600. The van der Waals surface area contributed by atoms with Gasteiger partial charge in [0.1, 0.15) is 0 Å². The Labute approximate surface area is 104 Å². The average molecular weight is 236 g/mol. The molecule has 0 aromatic carbocycles. The first-order valence-electron chi connectivity index (χ1n) is 6.48. The lowest BCUT2D eigenvalue weighted by Gasteiger charge is -2.27. The third kappa shape index (κ3) is 2.53. The highest BCUT2D eigenvalue weighted by Gasteiger charge is 2.34. The molecule has 2 unspecified atom stereocenters. The molecule has 4 nitrogen and oxygen atoms in total. The zero-order chi connectivity index (χ0) is 12.6. The van der Waals surface area contributed by atoms with Gasteiger partial charge >= 0.3 is 0 Å². The van der Waals surface area contributed by atoms with Gasteiger partial charge in [-0.2, -0.15) is 5.10 Å². The van der Waals surface area contributed by atoms with Crippen molar-refractivity contribution in [3.8, 4) is 0 Å². The van der Waals surface area contributed by atoms with Crippen LogP contribution in [-0.4, -0.2) is 33.8 Å². The van der Waals surface area contributed by atoms with E-state index in [0.29, 0.717) is 12.0 Å². The molecule has 96 valence electrons. The van der Waals surface area contributed by atoms with Crippen molar-refractivity contribution in [1.82, 2.24) is 14.7 Å². The molecule has 1 fully saturated rings. The number of likely N-dealkylation sites (tertiary alicyclic amines) is 1. The lowest BCUT2D eigenvalue weighted by Crippen LogP contribution is -2.34. The number of aryl methyl sites for hydroxylation is 2. The first-order valence-corrected chi connectivity index (χ1v) is 6.48. The summed E-state index contributed by atoms with van der Waals surface area (Å²) in [5.41, 5.74) is 8.69. The number of hydrogen-bond donors (Lipinski definition) is 1. The molecule has 0 amide bonds. The second-order valence-corrected chi connectivity index (χ2v) is 5.63. The summed E-state index contributed by atoms with van der Waals surface area (Å²) < 4.78 is 1.89. The van der Waals surface area contributed by atoms with Crippen LogP contribution in [0, 0.1) is 12.8 Å². The number of aromatic nitrogens is 2. The maximum atomic E-state index is 6.28. The quantitative estimate of drug-likeness (QED) is 0.864. The highest BCUT2D eigenvalue weighted by molar-refractivity contribution is 5.23. The summed E-state index contributed by atoms with van der Waals surface area (Å²) in [5.74, 6) is 0.680. The zero-order valence-corrected chi connectivity index (χ0v) is 11.3. The molecule has 0 saturated carbocycles. The van der Waals surface area contributed by atoms with Crippen LogP contribution < -0.4 is 5.73 Å². The Morgan fingerprint density at radius 2 is 2.24 bits per heavy atom. The standard InChI is InChI=1S/C13H24N4/c1-9(2)7-17-6-5-12(14)13(17)11-8-16(4)15-10(11)3/h8-9,12-13H,5-7,14H2,1-4H3. The molecule has 1 aliphatic rings. The van der Waals surface area contributed by atoms with Crippen LogP contribution in [-0.2, 0) is 7.05 Å². The summed E-state index contributed by atoms with van der Waals surface area (Å²) in [5, 5.41) is 4.44. The lowest BCUT2D eigenvalue weighted by atomic mass is 10.0. The Hall–Kier alpha value is -0.870. The molecule has 1 aromatic rings. The number of hydrogen-bond acceptors (Lipinski definition) is 3. The molecule has 2 rings (SSSR count). The van der Waals surface area contributed by atoms with E-state index in [-0.39, 0.29) is 6.04 Å². The van der Waals surface area contributed by atoms with E-state index in [1.807, 2.05) is 11.7 Å². The second-order valence-electron chi connectivity index (χ2n) is 5.63. The molecule has 2 atom stereocenters. The van der Waals surface area contributed by atoms with E-state index in [4.69, 9.17) is 5.73 Å². The van der Waals surface area contributed by atoms with Gasteiger partial charge < -0.3 is 5.73 Å². The molecule has 0 spiro atoms. The minimum Gasteiger partial charge on any atom is -0.326 e.